The maximum absolute atomic E-state index is 13.2. The van der Waals surface area contributed by atoms with Gasteiger partial charge in [0.25, 0.3) is 11.5 Å². The number of aromatic nitrogens is 3. The van der Waals surface area contributed by atoms with E-state index in [1.54, 1.807) is 0 Å². The van der Waals surface area contributed by atoms with Crippen LogP contribution in [0.4, 0.5) is 30.4 Å². The fraction of sp³-hybridized carbons (Fsp3) is 0.350. The lowest BCUT2D eigenvalue weighted by Crippen LogP contribution is -2.34. The fourth-order valence-corrected chi connectivity index (χ4v) is 3.92. The molecule has 1 unspecified atom stereocenters. The van der Waals surface area contributed by atoms with Gasteiger partial charge < -0.3 is 16.0 Å². The minimum Gasteiger partial charge on any atom is -0.355 e. The van der Waals surface area contributed by atoms with E-state index in [0.29, 0.717) is 4.68 Å². The maximum Gasteiger partial charge on any atom is 0.410 e. The zero-order chi connectivity index (χ0) is 26.4. The number of carbonyl (C=O) groups excluding carboxylic acids is 2. The fourth-order valence-electron chi connectivity index (χ4n) is 3.07. The second-order valence-corrected chi connectivity index (χ2v) is 8.37. The van der Waals surface area contributed by atoms with Gasteiger partial charge in [0.2, 0.25) is 5.91 Å². The summed E-state index contributed by atoms with van der Waals surface area (Å²) >= 11 is 1.03. The lowest BCUT2D eigenvalue weighted by molar-refractivity contribution is -0.166. The number of nitrogens with one attached hydrogen (secondary N) is 3. The van der Waals surface area contributed by atoms with Crippen LogP contribution in [0.25, 0.3) is 10.1 Å². The first-order valence-electron chi connectivity index (χ1n) is 11.2. The van der Waals surface area contributed by atoms with Crippen molar-refractivity contribution in [2.24, 2.45) is 5.92 Å². The minimum absolute atomic E-state index is 0.0239. The number of rotatable bonds is 6. The third kappa shape index (κ3) is 4.53. The molecule has 3 N–H and O–H groups in total. The Bertz CT molecular complexity index is 1400. The van der Waals surface area contributed by atoms with E-state index in [1.165, 1.54) is 11.4 Å². The number of halogens is 3. The van der Waals surface area contributed by atoms with Crippen LogP contribution in [-0.2, 0) is 4.79 Å². The number of pyridine rings is 1. The first kappa shape index (κ1) is 19.0. The zero-order valence-corrected chi connectivity index (χ0v) is 17.8. The van der Waals surface area contributed by atoms with E-state index in [-0.39, 0.29) is 44.7 Å². The Morgan fingerprint density at radius 2 is 2.06 bits per heavy atom. The van der Waals surface area contributed by atoms with Crippen LogP contribution in [0, 0.1) is 5.92 Å². The lowest BCUT2D eigenvalue weighted by Gasteiger charge is -2.17. The van der Waals surface area contributed by atoms with E-state index < -0.39 is 30.7 Å². The molecule has 0 aromatic carbocycles. The molecule has 4 rings (SSSR count). The molecule has 1 aliphatic rings. The molecule has 9 nitrogen and oxygen atoms in total. The Morgan fingerprint density at radius 1 is 1.30 bits per heavy atom. The Morgan fingerprint density at radius 3 is 2.73 bits per heavy atom. The molecule has 1 saturated carbocycles. The third-order valence-corrected chi connectivity index (χ3v) is 6.03. The van der Waals surface area contributed by atoms with Gasteiger partial charge >= 0.3 is 6.18 Å². The van der Waals surface area contributed by atoms with Gasteiger partial charge in [-0.15, -0.1) is 11.3 Å². The number of anilines is 3. The van der Waals surface area contributed by atoms with Gasteiger partial charge in [-0.1, -0.05) is 0 Å². The molecule has 2 amide bonds. The van der Waals surface area contributed by atoms with Crippen molar-refractivity contribution in [3.05, 3.63) is 39.8 Å². The van der Waals surface area contributed by atoms with Gasteiger partial charge in [0, 0.05) is 34.6 Å². The zero-order valence-electron chi connectivity index (χ0n) is 20.0. The molecule has 0 radical (unpaired) electrons. The van der Waals surface area contributed by atoms with Crippen molar-refractivity contribution in [2.75, 3.05) is 17.6 Å². The Balaban J connectivity index is 1.76. The standard InChI is InChI=1S/C20H19F3N6O3S/c1-9(20(21,22)23)29-19(32)16-13(8-33-14(16)7-26-29)27-12-5-15(28-17(30)10-3-4-10)25-6-11(12)18(31)24-2/h5-10H,3-4H2,1-2H3,(H,24,31)(H2,25,27,28,30)/i2D3. The highest BCUT2D eigenvalue weighted by Gasteiger charge is 2.39. The maximum atomic E-state index is 13.2. The molecule has 13 heteroatoms. The van der Waals surface area contributed by atoms with Crippen LogP contribution in [0.15, 0.2) is 28.6 Å². The molecule has 1 aliphatic carbocycles. The summed E-state index contributed by atoms with van der Waals surface area (Å²) in [4.78, 5) is 41.7. The molecule has 0 saturated heterocycles. The molecule has 3 heterocycles. The molecule has 33 heavy (non-hydrogen) atoms. The first-order valence-corrected chi connectivity index (χ1v) is 10.6. The SMILES string of the molecule is [2H]C([2H])([2H])NC(=O)c1cnc(NC(=O)C2CC2)cc1Nc1csc2cnn(C(C)C(F)(F)F)c(=O)c12. The van der Waals surface area contributed by atoms with Crippen LogP contribution in [0.1, 0.15) is 40.3 Å². The summed E-state index contributed by atoms with van der Waals surface area (Å²) in [6.45, 7) is -2.01. The average molecular weight is 483 g/mol. The van der Waals surface area contributed by atoms with Gasteiger partial charge in [-0.25, -0.2) is 9.67 Å². The molecular formula is C20H19F3N6O3S. The third-order valence-electron chi connectivity index (χ3n) is 5.11. The van der Waals surface area contributed by atoms with Gasteiger partial charge in [0.15, 0.2) is 0 Å². The van der Waals surface area contributed by atoms with Gasteiger partial charge in [0.05, 0.1) is 33.2 Å². The predicted molar refractivity (Wildman–Crippen MR) is 117 cm³/mol. The van der Waals surface area contributed by atoms with Crippen molar-refractivity contribution in [1.29, 1.82) is 0 Å². The molecule has 0 aliphatic heterocycles. The molecule has 3 aromatic rings. The second-order valence-electron chi connectivity index (χ2n) is 7.46. The summed E-state index contributed by atoms with van der Waals surface area (Å²) < 4.78 is 62.1. The van der Waals surface area contributed by atoms with Crippen LogP contribution in [0.3, 0.4) is 0 Å². The van der Waals surface area contributed by atoms with E-state index in [1.807, 2.05) is 5.32 Å². The number of hydrogen-bond donors (Lipinski definition) is 3. The van der Waals surface area contributed by atoms with E-state index in [0.717, 1.165) is 43.5 Å². The minimum atomic E-state index is -4.71. The highest BCUT2D eigenvalue weighted by molar-refractivity contribution is 7.17. The number of carbonyl (C=O) groups is 2. The number of amides is 2. The lowest BCUT2D eigenvalue weighted by atomic mass is 10.2. The molecule has 174 valence electrons. The smallest absolute Gasteiger partial charge is 0.355 e. The number of nitrogens with zero attached hydrogens (tertiary/aromatic N) is 3. The molecule has 0 spiro atoms. The Hall–Kier alpha value is -3.48. The summed E-state index contributed by atoms with van der Waals surface area (Å²) in [5.41, 5.74) is -1.19. The topological polar surface area (TPSA) is 118 Å². The van der Waals surface area contributed by atoms with E-state index in [4.69, 9.17) is 4.11 Å². The summed E-state index contributed by atoms with van der Waals surface area (Å²) in [6, 6.07) is -0.913. The largest absolute Gasteiger partial charge is 0.410 e. The van der Waals surface area contributed by atoms with Crippen molar-refractivity contribution < 1.29 is 26.9 Å². The average Bonchev–Trinajstić information content (AvgIpc) is 3.53. The van der Waals surface area contributed by atoms with Gasteiger partial charge in [-0.05, 0) is 19.8 Å². The summed E-state index contributed by atoms with van der Waals surface area (Å²) in [6.07, 6.45) is -1.08. The van der Waals surface area contributed by atoms with E-state index in [9.17, 15) is 27.6 Å². The molecule has 3 aromatic heterocycles. The normalized spacial score (nSPS) is 16.4. The van der Waals surface area contributed by atoms with Crippen LogP contribution >= 0.6 is 11.3 Å². The van der Waals surface area contributed by atoms with Crippen LogP contribution in [0.5, 0.6) is 0 Å². The van der Waals surface area contributed by atoms with E-state index >= 15 is 0 Å². The highest BCUT2D eigenvalue weighted by atomic mass is 32.1. The Labute approximate surface area is 193 Å². The van der Waals surface area contributed by atoms with Crippen molar-refractivity contribution in [1.82, 2.24) is 20.1 Å². The van der Waals surface area contributed by atoms with Crippen LogP contribution in [-0.4, -0.2) is 39.7 Å². The monoisotopic (exact) mass is 483 g/mol. The number of fused-ring (bicyclic) bond motifs is 1. The molecule has 1 atom stereocenters. The Kier molecular flexibility index (Phi) is 4.88. The van der Waals surface area contributed by atoms with Gasteiger partial charge in [0.1, 0.15) is 11.9 Å². The quantitative estimate of drug-likeness (QED) is 0.495. The van der Waals surface area contributed by atoms with Crippen molar-refractivity contribution in [3.63, 3.8) is 0 Å². The highest BCUT2D eigenvalue weighted by Crippen LogP contribution is 2.34. The summed E-state index contributed by atoms with van der Waals surface area (Å²) in [7, 11) is 0. The van der Waals surface area contributed by atoms with Gasteiger partial charge in [-0.2, -0.15) is 18.3 Å². The molecule has 0 bridgehead atoms. The second kappa shape index (κ2) is 8.46. The number of alkyl halides is 3. The molecule has 1 fully saturated rings. The first-order chi connectivity index (χ1) is 16.7. The predicted octanol–water partition coefficient (Wildman–Crippen LogP) is 3.43. The van der Waals surface area contributed by atoms with E-state index in [2.05, 4.69) is 20.7 Å². The number of thiophene rings is 1. The molecular weight excluding hydrogens is 461 g/mol. The van der Waals surface area contributed by atoms with Crippen LogP contribution in [0.2, 0.25) is 0 Å². The van der Waals surface area contributed by atoms with Crippen molar-refractivity contribution >= 4 is 50.4 Å². The van der Waals surface area contributed by atoms with Crippen LogP contribution < -0.4 is 21.5 Å². The summed E-state index contributed by atoms with van der Waals surface area (Å²) in [5, 5.41) is 12.2. The van der Waals surface area contributed by atoms with Crippen molar-refractivity contribution in [2.45, 2.75) is 32.0 Å². The van der Waals surface area contributed by atoms with Crippen molar-refractivity contribution in [3.8, 4) is 0 Å². The van der Waals surface area contributed by atoms with Gasteiger partial charge in [-0.3, -0.25) is 14.4 Å². The number of hydrogen-bond acceptors (Lipinski definition) is 7. The summed E-state index contributed by atoms with van der Waals surface area (Å²) in [5.74, 6) is -1.38.